The summed E-state index contributed by atoms with van der Waals surface area (Å²) in [7, 11) is -3.79. The third-order valence-corrected chi connectivity index (χ3v) is 6.59. The summed E-state index contributed by atoms with van der Waals surface area (Å²) in [4.78, 5) is 12.6. The summed E-state index contributed by atoms with van der Waals surface area (Å²) in [5.41, 5.74) is 1.15. The molecule has 0 aliphatic carbocycles. The Morgan fingerprint density at radius 1 is 1.30 bits per heavy atom. The minimum atomic E-state index is -3.79. The minimum Gasteiger partial charge on any atom is -0.460 e. The van der Waals surface area contributed by atoms with Gasteiger partial charge in [0.1, 0.15) is 6.61 Å². The molecule has 0 spiro atoms. The van der Waals surface area contributed by atoms with Crippen molar-refractivity contribution < 1.29 is 31.3 Å². The van der Waals surface area contributed by atoms with Gasteiger partial charge in [0.2, 0.25) is 12.2 Å². The standard InChI is InChI=1S/C21H23F2NO5S/c1-21(30(2,26)27,20(25)28-15-16-8-4-3-5-9-16)13-12-17-14-18(29-24-17)10-6-7-11-19(22)23/h3-5,8-9,14,19H,7,11-13,15H2,1-2H3. The molecule has 30 heavy (non-hydrogen) atoms. The predicted molar refractivity (Wildman–Crippen MR) is 106 cm³/mol. The number of carbonyl (C=O) groups is 1. The van der Waals surface area contributed by atoms with Crippen molar-refractivity contribution in [1.29, 1.82) is 0 Å². The lowest BCUT2D eigenvalue weighted by Gasteiger charge is -2.25. The highest BCUT2D eigenvalue weighted by Gasteiger charge is 2.44. The van der Waals surface area contributed by atoms with Crippen molar-refractivity contribution in [3.05, 3.63) is 53.4 Å². The molecule has 0 aliphatic heterocycles. The van der Waals surface area contributed by atoms with Crippen molar-refractivity contribution in [2.45, 2.75) is 50.4 Å². The van der Waals surface area contributed by atoms with E-state index in [1.165, 1.54) is 13.0 Å². The first-order valence-electron chi connectivity index (χ1n) is 9.25. The lowest BCUT2D eigenvalue weighted by atomic mass is 10.0. The third kappa shape index (κ3) is 6.66. The van der Waals surface area contributed by atoms with Crippen LogP contribution in [0.25, 0.3) is 0 Å². The van der Waals surface area contributed by atoms with Gasteiger partial charge in [0.05, 0.1) is 5.69 Å². The van der Waals surface area contributed by atoms with Crippen LogP contribution in [0.15, 0.2) is 40.9 Å². The van der Waals surface area contributed by atoms with E-state index in [-0.39, 0.29) is 38.1 Å². The van der Waals surface area contributed by atoms with Gasteiger partial charge in [-0.05, 0) is 31.2 Å². The van der Waals surface area contributed by atoms with Crippen molar-refractivity contribution in [3.63, 3.8) is 0 Å². The molecule has 1 aromatic heterocycles. The fraction of sp³-hybridized carbons (Fsp3) is 0.429. The lowest BCUT2D eigenvalue weighted by molar-refractivity contribution is -0.147. The zero-order valence-electron chi connectivity index (χ0n) is 16.7. The maximum atomic E-state index is 12.6. The molecule has 1 atom stereocenters. The highest BCUT2D eigenvalue weighted by molar-refractivity contribution is 7.92. The van der Waals surface area contributed by atoms with Crippen LogP contribution in [0, 0.1) is 11.8 Å². The summed E-state index contributed by atoms with van der Waals surface area (Å²) < 4.78 is 57.4. The number of aryl methyl sites for hydroxylation is 1. The Bertz CT molecular complexity index is 1010. The van der Waals surface area contributed by atoms with Gasteiger partial charge in [-0.25, -0.2) is 17.2 Å². The maximum Gasteiger partial charge on any atom is 0.327 e. The molecule has 1 unspecified atom stereocenters. The monoisotopic (exact) mass is 439 g/mol. The second-order valence-electron chi connectivity index (χ2n) is 6.98. The number of aromatic nitrogens is 1. The van der Waals surface area contributed by atoms with E-state index in [0.29, 0.717) is 5.69 Å². The summed E-state index contributed by atoms with van der Waals surface area (Å²) in [5.74, 6) is 4.49. The molecule has 9 heteroatoms. The first-order chi connectivity index (χ1) is 14.1. The van der Waals surface area contributed by atoms with E-state index < -0.39 is 27.0 Å². The quantitative estimate of drug-likeness (QED) is 0.439. The Morgan fingerprint density at radius 3 is 2.63 bits per heavy atom. The van der Waals surface area contributed by atoms with Crippen molar-refractivity contribution in [2.24, 2.45) is 0 Å². The number of esters is 1. The van der Waals surface area contributed by atoms with E-state index in [2.05, 4.69) is 17.0 Å². The minimum absolute atomic E-state index is 0.0209. The van der Waals surface area contributed by atoms with Crippen LogP contribution < -0.4 is 0 Å². The van der Waals surface area contributed by atoms with Gasteiger partial charge in [-0.3, -0.25) is 4.79 Å². The van der Waals surface area contributed by atoms with Gasteiger partial charge in [-0.15, -0.1) is 0 Å². The zero-order chi connectivity index (χ0) is 22.2. The molecule has 6 nitrogen and oxygen atoms in total. The zero-order valence-corrected chi connectivity index (χ0v) is 17.5. The number of benzene rings is 1. The van der Waals surface area contributed by atoms with Gasteiger partial charge in [0.15, 0.2) is 14.6 Å². The van der Waals surface area contributed by atoms with Crippen molar-refractivity contribution >= 4 is 15.8 Å². The molecule has 0 aliphatic rings. The van der Waals surface area contributed by atoms with Crippen LogP contribution in [0.5, 0.6) is 0 Å². The fourth-order valence-corrected chi connectivity index (χ4v) is 3.34. The third-order valence-electron chi connectivity index (χ3n) is 4.58. The molecule has 0 saturated carbocycles. The average molecular weight is 439 g/mol. The summed E-state index contributed by atoms with van der Waals surface area (Å²) in [6.07, 6.45) is -1.67. The number of hydrogen-bond donors (Lipinski definition) is 0. The largest absolute Gasteiger partial charge is 0.460 e. The van der Waals surface area contributed by atoms with E-state index in [4.69, 9.17) is 9.26 Å². The molecular weight excluding hydrogens is 416 g/mol. The van der Waals surface area contributed by atoms with Crippen molar-refractivity contribution in [2.75, 3.05) is 6.26 Å². The molecule has 0 fully saturated rings. The number of alkyl halides is 2. The number of sulfone groups is 1. The fourth-order valence-electron chi connectivity index (χ4n) is 2.50. The van der Waals surface area contributed by atoms with E-state index in [0.717, 1.165) is 11.8 Å². The Morgan fingerprint density at radius 2 is 2.00 bits per heavy atom. The van der Waals surface area contributed by atoms with E-state index in [1.807, 2.05) is 6.07 Å². The Kier molecular flexibility index (Phi) is 8.12. The number of rotatable bonds is 9. The molecule has 0 amide bonds. The molecule has 2 aromatic rings. The van der Waals surface area contributed by atoms with E-state index in [1.54, 1.807) is 24.3 Å². The van der Waals surface area contributed by atoms with E-state index in [9.17, 15) is 22.0 Å². The van der Waals surface area contributed by atoms with Crippen molar-refractivity contribution in [3.8, 4) is 11.8 Å². The van der Waals surface area contributed by atoms with Crippen LogP contribution in [0.4, 0.5) is 8.78 Å². The topological polar surface area (TPSA) is 86.5 Å². The van der Waals surface area contributed by atoms with Gasteiger partial charge in [0.25, 0.3) is 0 Å². The first-order valence-corrected chi connectivity index (χ1v) is 11.1. The summed E-state index contributed by atoms with van der Waals surface area (Å²) in [5, 5.41) is 3.80. The first kappa shape index (κ1) is 23.5. The predicted octanol–water partition coefficient (Wildman–Crippen LogP) is 3.55. The summed E-state index contributed by atoms with van der Waals surface area (Å²) in [6.45, 7) is 1.29. The molecule has 2 rings (SSSR count). The normalized spacial score (nSPS) is 13.4. The molecule has 1 aromatic carbocycles. The van der Waals surface area contributed by atoms with Gasteiger partial charge >= 0.3 is 5.97 Å². The molecule has 0 N–H and O–H groups in total. The van der Waals surface area contributed by atoms with Crippen LogP contribution in [0.1, 0.15) is 43.2 Å². The second kappa shape index (κ2) is 10.3. The van der Waals surface area contributed by atoms with Crippen LogP contribution >= 0.6 is 0 Å². The highest BCUT2D eigenvalue weighted by atomic mass is 32.2. The molecule has 0 bridgehead atoms. The van der Waals surface area contributed by atoms with E-state index >= 15 is 0 Å². The summed E-state index contributed by atoms with van der Waals surface area (Å²) in [6, 6.07) is 10.4. The van der Waals surface area contributed by atoms with Crippen LogP contribution in [0.3, 0.4) is 0 Å². The number of halogens is 2. The second-order valence-corrected chi connectivity index (χ2v) is 9.42. The van der Waals surface area contributed by atoms with Gasteiger partial charge < -0.3 is 9.26 Å². The number of ether oxygens (including phenoxy) is 1. The van der Waals surface area contributed by atoms with Gasteiger partial charge in [-0.2, -0.15) is 0 Å². The SMILES string of the molecule is CC(CCc1cc(C#CCCC(F)F)on1)(C(=O)OCc1ccccc1)S(C)(=O)=O. The smallest absolute Gasteiger partial charge is 0.327 e. The molecule has 0 saturated heterocycles. The van der Waals surface area contributed by atoms with Gasteiger partial charge in [-0.1, -0.05) is 41.4 Å². The van der Waals surface area contributed by atoms with Crippen molar-refractivity contribution in [1.82, 2.24) is 5.16 Å². The Hall–Kier alpha value is -2.73. The highest BCUT2D eigenvalue weighted by Crippen LogP contribution is 2.25. The number of carbonyl (C=O) groups excluding carboxylic acids is 1. The summed E-state index contributed by atoms with van der Waals surface area (Å²) >= 11 is 0. The maximum absolute atomic E-state index is 12.6. The Balaban J connectivity index is 2.02. The van der Waals surface area contributed by atoms with Crippen LogP contribution in [-0.2, 0) is 32.4 Å². The molecule has 0 radical (unpaired) electrons. The molecule has 1 heterocycles. The molecular formula is C21H23F2NO5S. The average Bonchev–Trinajstić information content (AvgIpc) is 3.15. The van der Waals surface area contributed by atoms with Crippen LogP contribution in [0.2, 0.25) is 0 Å². The number of hydrogen-bond acceptors (Lipinski definition) is 6. The van der Waals surface area contributed by atoms with Crippen LogP contribution in [-0.4, -0.2) is 37.0 Å². The number of nitrogens with zero attached hydrogens (tertiary/aromatic N) is 1. The van der Waals surface area contributed by atoms with Gasteiger partial charge in [0, 0.05) is 25.2 Å². The molecule has 162 valence electrons. The Labute approximate surface area is 174 Å². The lowest BCUT2D eigenvalue weighted by Crippen LogP contribution is -2.44.